The minimum Gasteiger partial charge on any atom is -0.756 e. The number of hydrogen-bond donors (Lipinski definition) is 0. The lowest BCUT2D eigenvalue weighted by Gasteiger charge is -2.28. The van der Waals surface area contributed by atoms with Crippen LogP contribution in [0, 0.1) is 0 Å². The van der Waals surface area contributed by atoms with Gasteiger partial charge in [-0.05, 0) is 89.9 Å². The van der Waals surface area contributed by atoms with E-state index in [1.54, 1.807) is 0 Å². The van der Waals surface area contributed by atoms with E-state index in [0.717, 1.165) is 70.6 Å². The van der Waals surface area contributed by atoms with Crippen molar-refractivity contribution in [3.8, 4) is 0 Å². The number of esters is 2. The molecule has 0 rings (SSSR count). The van der Waals surface area contributed by atoms with Gasteiger partial charge in [0.2, 0.25) is 0 Å². The number of carbonyl (C=O) groups excluding carboxylic acids is 2. The molecular weight excluding hydrogens is 1180 g/mol. The SMILES string of the molecule is CC/C=C\C/C=C\C/C=C\C/C=C\C/C=C\CCCCCCCCCCCCCCCCCCCCCCCCCC(=O)OC(COC(=O)CCCCCCCCCCCCCCCCCCCCC/C=C\C/C=C\CCCCCCC)COP(=O)([O-])OCC[N+](C)(C)C. The van der Waals surface area contributed by atoms with Gasteiger partial charge in [0.1, 0.15) is 19.8 Å². The molecule has 0 saturated heterocycles. The maximum absolute atomic E-state index is 12.9. The molecule has 0 saturated carbocycles. The van der Waals surface area contributed by atoms with Crippen LogP contribution >= 0.6 is 7.82 Å². The van der Waals surface area contributed by atoms with E-state index in [-0.39, 0.29) is 32.0 Å². The van der Waals surface area contributed by atoms with Crippen LogP contribution in [0.2, 0.25) is 0 Å². The van der Waals surface area contributed by atoms with E-state index in [2.05, 4.69) is 98.9 Å². The Bertz CT molecular complexity index is 1860. The molecular formula is C84H154NO8P. The van der Waals surface area contributed by atoms with Crippen LogP contribution in [0.3, 0.4) is 0 Å². The van der Waals surface area contributed by atoms with Crippen LogP contribution < -0.4 is 4.89 Å². The van der Waals surface area contributed by atoms with Gasteiger partial charge < -0.3 is 27.9 Å². The van der Waals surface area contributed by atoms with Gasteiger partial charge in [-0.3, -0.25) is 14.2 Å². The number of likely N-dealkylation sites (N-methyl/N-ethyl adjacent to an activating group) is 1. The fourth-order valence-electron chi connectivity index (χ4n) is 11.8. The van der Waals surface area contributed by atoms with Crippen LogP contribution in [0.25, 0.3) is 0 Å². The summed E-state index contributed by atoms with van der Waals surface area (Å²) in [7, 11) is 1.18. The predicted octanol–water partition coefficient (Wildman–Crippen LogP) is 26.2. The van der Waals surface area contributed by atoms with Crippen LogP contribution in [0.5, 0.6) is 0 Å². The van der Waals surface area contributed by atoms with Crippen LogP contribution in [0.4, 0.5) is 0 Å². The summed E-state index contributed by atoms with van der Waals surface area (Å²) in [5, 5.41) is 0. The molecule has 0 aromatic heterocycles. The average Bonchev–Trinajstić information content (AvgIpc) is 1.56. The van der Waals surface area contributed by atoms with Gasteiger partial charge in [0.05, 0.1) is 27.7 Å². The summed E-state index contributed by atoms with van der Waals surface area (Å²) in [5.74, 6) is -0.813. The zero-order valence-electron chi connectivity index (χ0n) is 62.7. The van der Waals surface area contributed by atoms with Crippen LogP contribution in [-0.2, 0) is 32.7 Å². The fraction of sp³-hybridized carbons (Fsp3) is 0.810. The molecule has 0 aromatic rings. The molecule has 0 aromatic carbocycles. The summed E-state index contributed by atoms with van der Waals surface area (Å²) < 4.78 is 34.4. The van der Waals surface area contributed by atoms with Gasteiger partial charge in [-0.15, -0.1) is 0 Å². The van der Waals surface area contributed by atoms with E-state index < -0.39 is 26.5 Å². The molecule has 0 amide bonds. The lowest BCUT2D eigenvalue weighted by Crippen LogP contribution is -2.37. The first-order valence-electron chi connectivity index (χ1n) is 40.3. The number of unbranched alkanes of at least 4 members (excludes halogenated alkanes) is 47. The van der Waals surface area contributed by atoms with Gasteiger partial charge in [0.25, 0.3) is 7.82 Å². The monoisotopic (exact) mass is 1340 g/mol. The average molecular weight is 1340 g/mol. The lowest BCUT2D eigenvalue weighted by atomic mass is 10.0. The molecule has 0 bridgehead atoms. The molecule has 0 spiro atoms. The Hall–Kier alpha value is -2.81. The molecule has 0 heterocycles. The molecule has 10 heteroatoms. The third kappa shape index (κ3) is 78.2. The first-order valence-corrected chi connectivity index (χ1v) is 41.8. The van der Waals surface area contributed by atoms with Gasteiger partial charge >= 0.3 is 11.9 Å². The number of ether oxygens (including phenoxy) is 2. The summed E-state index contributed by atoms with van der Waals surface area (Å²) in [6.07, 6.45) is 103. The first kappa shape index (κ1) is 91.2. The molecule has 94 heavy (non-hydrogen) atoms. The van der Waals surface area contributed by atoms with E-state index >= 15 is 0 Å². The molecule has 9 nitrogen and oxygen atoms in total. The normalized spacial score (nSPS) is 13.5. The van der Waals surface area contributed by atoms with E-state index in [1.165, 1.54) is 283 Å². The third-order valence-corrected chi connectivity index (χ3v) is 18.9. The zero-order valence-corrected chi connectivity index (χ0v) is 63.6. The van der Waals surface area contributed by atoms with Crippen molar-refractivity contribution < 1.29 is 42.1 Å². The summed E-state index contributed by atoms with van der Waals surface area (Å²) in [6, 6.07) is 0. The molecule has 0 aliphatic rings. The fourth-order valence-corrected chi connectivity index (χ4v) is 12.5. The van der Waals surface area contributed by atoms with E-state index in [4.69, 9.17) is 18.5 Å². The van der Waals surface area contributed by atoms with Crippen molar-refractivity contribution in [3.63, 3.8) is 0 Å². The number of nitrogens with zero attached hydrogens (tertiary/aromatic N) is 1. The number of quaternary nitrogens is 1. The topological polar surface area (TPSA) is 111 Å². The molecule has 548 valence electrons. The van der Waals surface area contributed by atoms with Gasteiger partial charge in [-0.25, -0.2) is 0 Å². The molecule has 0 aliphatic carbocycles. The van der Waals surface area contributed by atoms with Crippen molar-refractivity contribution in [2.45, 2.75) is 392 Å². The molecule has 2 unspecified atom stereocenters. The summed E-state index contributed by atoms with van der Waals surface area (Å²) >= 11 is 0. The van der Waals surface area contributed by atoms with Crippen LogP contribution in [0.15, 0.2) is 85.1 Å². The second kappa shape index (κ2) is 74.4. The summed E-state index contributed by atoms with van der Waals surface area (Å²) in [5.41, 5.74) is 0. The minimum atomic E-state index is -4.65. The Morgan fingerprint density at radius 3 is 0.904 bits per heavy atom. The molecule has 0 aliphatic heterocycles. The summed E-state index contributed by atoms with van der Waals surface area (Å²) in [4.78, 5) is 38.2. The largest absolute Gasteiger partial charge is 0.756 e. The minimum absolute atomic E-state index is 0.0296. The molecule has 0 radical (unpaired) electrons. The maximum atomic E-state index is 12.9. The number of allylic oxidation sites excluding steroid dienone is 14. The van der Waals surface area contributed by atoms with Crippen LogP contribution in [0.1, 0.15) is 386 Å². The smallest absolute Gasteiger partial charge is 0.306 e. The molecule has 0 N–H and O–H groups in total. The van der Waals surface area contributed by atoms with Crippen molar-refractivity contribution in [1.82, 2.24) is 0 Å². The van der Waals surface area contributed by atoms with E-state index in [9.17, 15) is 19.0 Å². The van der Waals surface area contributed by atoms with Crippen LogP contribution in [-0.4, -0.2) is 70.0 Å². The van der Waals surface area contributed by atoms with Crippen molar-refractivity contribution in [2.24, 2.45) is 0 Å². The first-order chi connectivity index (χ1) is 46.0. The predicted molar refractivity (Wildman–Crippen MR) is 406 cm³/mol. The summed E-state index contributed by atoms with van der Waals surface area (Å²) in [6.45, 7) is 4.18. The van der Waals surface area contributed by atoms with Crippen molar-refractivity contribution >= 4 is 19.8 Å². The van der Waals surface area contributed by atoms with Crippen molar-refractivity contribution in [1.29, 1.82) is 0 Å². The molecule has 0 fully saturated rings. The molecule has 2 atom stereocenters. The number of hydrogen-bond acceptors (Lipinski definition) is 8. The maximum Gasteiger partial charge on any atom is 0.306 e. The van der Waals surface area contributed by atoms with Gasteiger partial charge in [-0.1, -0.05) is 369 Å². The standard InChI is InChI=1S/C84H154NO8P/c1-6-8-10-12-14-16-18-20-22-24-26-28-30-32-34-36-38-39-40-41-42-43-44-45-47-49-51-53-55-57-59-61-63-65-67-69-71-73-75-77-84(87)93-82(81-92-94(88,89)91-79-78-85(3,4)5)80-90-83(86)76-74-72-70-68-66-64-62-60-58-56-54-52-50-48-46-37-35-33-31-29-27-25-23-21-19-17-15-13-11-9-7-2/h8,10,14,16,19-22,25-28,32,34,82H,6-7,9,11-13,15,17-18,23-24,29-31,33,35-81H2,1-5H3/b10-8-,16-14-,21-19-,22-20-,27-25-,28-26-,34-32-. The lowest BCUT2D eigenvalue weighted by molar-refractivity contribution is -0.870. The highest BCUT2D eigenvalue weighted by atomic mass is 31.2. The number of phosphoric acid groups is 1. The van der Waals surface area contributed by atoms with Gasteiger partial charge in [0.15, 0.2) is 6.10 Å². The second-order valence-corrected chi connectivity index (χ2v) is 29.8. The second-order valence-electron chi connectivity index (χ2n) is 28.4. The van der Waals surface area contributed by atoms with Crippen molar-refractivity contribution in [2.75, 3.05) is 47.5 Å². The highest BCUT2D eigenvalue weighted by molar-refractivity contribution is 7.45. The van der Waals surface area contributed by atoms with Gasteiger partial charge in [0, 0.05) is 12.8 Å². The third-order valence-electron chi connectivity index (χ3n) is 17.9. The Balaban J connectivity index is 3.92. The number of rotatable bonds is 75. The quantitative estimate of drug-likeness (QED) is 0.0195. The number of phosphoric ester groups is 1. The van der Waals surface area contributed by atoms with Gasteiger partial charge in [-0.2, -0.15) is 0 Å². The Labute approximate surface area is 583 Å². The Morgan fingerprint density at radius 1 is 0.340 bits per heavy atom. The Morgan fingerprint density at radius 2 is 0.606 bits per heavy atom. The Kier molecular flexibility index (Phi) is 72.2. The van der Waals surface area contributed by atoms with E-state index in [1.807, 2.05) is 21.1 Å². The zero-order chi connectivity index (χ0) is 68.3. The van der Waals surface area contributed by atoms with E-state index in [0.29, 0.717) is 17.4 Å². The highest BCUT2D eigenvalue weighted by Gasteiger charge is 2.22. The van der Waals surface area contributed by atoms with Crippen molar-refractivity contribution in [3.05, 3.63) is 85.1 Å². The highest BCUT2D eigenvalue weighted by Crippen LogP contribution is 2.38. The number of carbonyl (C=O) groups is 2.